The van der Waals surface area contributed by atoms with Gasteiger partial charge in [-0.3, -0.25) is 14.2 Å². The first-order valence-electron chi connectivity index (χ1n) is 5.88. The molecule has 0 amide bonds. The molecule has 1 aromatic heterocycles. The van der Waals surface area contributed by atoms with Gasteiger partial charge in [0, 0.05) is 18.5 Å². The molecule has 5 heteroatoms. The standard InChI is InChI=1S/C12H16N2O3/c1-3-17-12(16)7-9-6-11(15)14-8(2)4-5-10(14)13-9/h6,8H,3-5,7H2,1-2H3/t8-/m0/s1. The minimum absolute atomic E-state index is 0.0701. The first-order valence-corrected chi connectivity index (χ1v) is 5.88. The smallest absolute Gasteiger partial charge is 0.311 e. The van der Waals surface area contributed by atoms with E-state index in [1.165, 1.54) is 6.07 Å². The number of carbonyl (C=O) groups is 1. The normalized spacial score (nSPS) is 17.9. The third-order valence-corrected chi connectivity index (χ3v) is 2.94. The number of nitrogens with zero attached hydrogens (tertiary/aromatic N) is 2. The van der Waals surface area contributed by atoms with Crippen LogP contribution in [-0.2, 0) is 22.4 Å². The van der Waals surface area contributed by atoms with Crippen molar-refractivity contribution in [1.29, 1.82) is 0 Å². The van der Waals surface area contributed by atoms with E-state index in [1.807, 2.05) is 6.92 Å². The van der Waals surface area contributed by atoms with Crippen LogP contribution in [0.2, 0.25) is 0 Å². The summed E-state index contributed by atoms with van der Waals surface area (Å²) < 4.78 is 6.54. The van der Waals surface area contributed by atoms with E-state index < -0.39 is 0 Å². The number of hydrogen-bond acceptors (Lipinski definition) is 4. The van der Waals surface area contributed by atoms with Gasteiger partial charge in [-0.1, -0.05) is 0 Å². The zero-order valence-corrected chi connectivity index (χ0v) is 10.1. The van der Waals surface area contributed by atoms with Gasteiger partial charge in [0.1, 0.15) is 5.82 Å². The Labute approximate surface area is 99.4 Å². The number of carbonyl (C=O) groups excluding carboxylic acids is 1. The molecule has 2 rings (SSSR count). The fraction of sp³-hybridized carbons (Fsp3) is 0.583. The van der Waals surface area contributed by atoms with Gasteiger partial charge in [0.25, 0.3) is 5.56 Å². The molecule has 0 radical (unpaired) electrons. The highest BCUT2D eigenvalue weighted by Crippen LogP contribution is 2.21. The van der Waals surface area contributed by atoms with Gasteiger partial charge >= 0.3 is 5.97 Å². The summed E-state index contributed by atoms with van der Waals surface area (Å²) in [5.41, 5.74) is 0.438. The molecule has 1 atom stereocenters. The highest BCUT2D eigenvalue weighted by atomic mass is 16.5. The molecule has 0 fully saturated rings. The molecule has 0 saturated carbocycles. The molecule has 0 aliphatic carbocycles. The van der Waals surface area contributed by atoms with Crippen molar-refractivity contribution in [1.82, 2.24) is 9.55 Å². The van der Waals surface area contributed by atoms with Gasteiger partial charge < -0.3 is 4.74 Å². The van der Waals surface area contributed by atoms with E-state index in [9.17, 15) is 9.59 Å². The maximum Gasteiger partial charge on any atom is 0.311 e. The fourth-order valence-corrected chi connectivity index (χ4v) is 2.16. The van der Waals surface area contributed by atoms with Gasteiger partial charge in [-0.15, -0.1) is 0 Å². The summed E-state index contributed by atoms with van der Waals surface area (Å²) >= 11 is 0. The zero-order chi connectivity index (χ0) is 12.4. The van der Waals surface area contributed by atoms with Crippen LogP contribution in [0, 0.1) is 0 Å². The van der Waals surface area contributed by atoms with Crippen LogP contribution < -0.4 is 5.56 Å². The van der Waals surface area contributed by atoms with Crippen molar-refractivity contribution in [2.45, 2.75) is 39.2 Å². The van der Waals surface area contributed by atoms with Crippen molar-refractivity contribution >= 4 is 5.97 Å². The van der Waals surface area contributed by atoms with Crippen LogP contribution in [0.25, 0.3) is 0 Å². The van der Waals surface area contributed by atoms with E-state index in [0.29, 0.717) is 12.3 Å². The summed E-state index contributed by atoms with van der Waals surface area (Å²) in [5, 5.41) is 0. The highest BCUT2D eigenvalue weighted by Gasteiger charge is 2.21. The molecule has 0 spiro atoms. The third-order valence-electron chi connectivity index (χ3n) is 2.94. The number of esters is 1. The van der Waals surface area contributed by atoms with E-state index in [0.717, 1.165) is 18.7 Å². The second-order valence-electron chi connectivity index (χ2n) is 4.24. The lowest BCUT2D eigenvalue weighted by atomic mass is 10.2. The fourth-order valence-electron chi connectivity index (χ4n) is 2.16. The Morgan fingerprint density at radius 1 is 1.65 bits per heavy atom. The predicted molar refractivity (Wildman–Crippen MR) is 61.9 cm³/mol. The summed E-state index contributed by atoms with van der Waals surface area (Å²) in [5.74, 6) is 0.444. The lowest BCUT2D eigenvalue weighted by molar-refractivity contribution is -0.142. The number of aryl methyl sites for hydroxylation is 1. The molecule has 0 saturated heterocycles. The molecule has 1 aromatic rings. The average Bonchev–Trinajstić information content (AvgIpc) is 2.60. The zero-order valence-electron chi connectivity index (χ0n) is 10.1. The summed E-state index contributed by atoms with van der Waals surface area (Å²) in [7, 11) is 0. The maximum atomic E-state index is 11.9. The SMILES string of the molecule is CCOC(=O)Cc1cc(=O)n2c(n1)CC[C@@H]2C. The van der Waals surface area contributed by atoms with E-state index in [-0.39, 0.29) is 24.0 Å². The van der Waals surface area contributed by atoms with Gasteiger partial charge in [0.05, 0.1) is 18.7 Å². The molecule has 17 heavy (non-hydrogen) atoms. The summed E-state index contributed by atoms with van der Waals surface area (Å²) in [6.45, 7) is 4.11. The Bertz CT molecular complexity index is 493. The van der Waals surface area contributed by atoms with Crippen LogP contribution in [-0.4, -0.2) is 22.1 Å². The molecule has 1 aliphatic rings. The van der Waals surface area contributed by atoms with Crippen LogP contribution in [0.5, 0.6) is 0 Å². The maximum absolute atomic E-state index is 11.9. The van der Waals surface area contributed by atoms with E-state index >= 15 is 0 Å². The summed E-state index contributed by atoms with van der Waals surface area (Å²) in [6, 6.07) is 1.64. The van der Waals surface area contributed by atoms with Crippen molar-refractivity contribution in [3.05, 3.63) is 27.9 Å². The van der Waals surface area contributed by atoms with Gasteiger partial charge in [0.2, 0.25) is 0 Å². The number of fused-ring (bicyclic) bond motifs is 1. The minimum Gasteiger partial charge on any atom is -0.466 e. The second-order valence-corrected chi connectivity index (χ2v) is 4.24. The summed E-state index contributed by atoms with van der Waals surface area (Å²) in [4.78, 5) is 27.5. The van der Waals surface area contributed by atoms with Gasteiger partial charge in [-0.25, -0.2) is 4.98 Å². The number of aromatic nitrogens is 2. The van der Waals surface area contributed by atoms with Crippen LogP contribution in [0.1, 0.15) is 37.8 Å². The van der Waals surface area contributed by atoms with Crippen LogP contribution in [0.4, 0.5) is 0 Å². The summed E-state index contributed by atoms with van der Waals surface area (Å²) in [6.07, 6.45) is 1.81. The van der Waals surface area contributed by atoms with Crippen molar-refractivity contribution in [3.63, 3.8) is 0 Å². The van der Waals surface area contributed by atoms with E-state index in [2.05, 4.69) is 4.98 Å². The molecule has 92 valence electrons. The number of ether oxygens (including phenoxy) is 1. The van der Waals surface area contributed by atoms with Crippen molar-refractivity contribution in [3.8, 4) is 0 Å². The van der Waals surface area contributed by atoms with E-state index in [4.69, 9.17) is 4.74 Å². The highest BCUT2D eigenvalue weighted by molar-refractivity contribution is 5.71. The van der Waals surface area contributed by atoms with Crippen LogP contribution >= 0.6 is 0 Å². The Morgan fingerprint density at radius 3 is 3.12 bits per heavy atom. The molecule has 0 N–H and O–H groups in total. The Hall–Kier alpha value is -1.65. The van der Waals surface area contributed by atoms with Gasteiger partial charge in [-0.2, -0.15) is 0 Å². The molecule has 2 heterocycles. The quantitative estimate of drug-likeness (QED) is 0.730. The second kappa shape index (κ2) is 4.69. The lowest BCUT2D eigenvalue weighted by Crippen LogP contribution is -2.24. The topological polar surface area (TPSA) is 61.2 Å². The Morgan fingerprint density at radius 2 is 2.41 bits per heavy atom. The molecule has 0 aromatic carbocycles. The third kappa shape index (κ3) is 2.38. The molecular weight excluding hydrogens is 220 g/mol. The minimum atomic E-state index is -0.338. The first-order chi connectivity index (χ1) is 8.11. The van der Waals surface area contributed by atoms with Crippen LogP contribution in [0.15, 0.2) is 10.9 Å². The largest absolute Gasteiger partial charge is 0.466 e. The average molecular weight is 236 g/mol. The Balaban J connectivity index is 2.25. The van der Waals surface area contributed by atoms with Crippen molar-refractivity contribution < 1.29 is 9.53 Å². The number of rotatable bonds is 3. The first kappa shape index (κ1) is 11.8. The number of hydrogen-bond donors (Lipinski definition) is 0. The molecule has 0 bridgehead atoms. The van der Waals surface area contributed by atoms with Crippen molar-refractivity contribution in [2.75, 3.05) is 6.61 Å². The van der Waals surface area contributed by atoms with Crippen LogP contribution in [0.3, 0.4) is 0 Å². The predicted octanol–water partition coefficient (Wildman–Crippen LogP) is 0.856. The van der Waals surface area contributed by atoms with Gasteiger partial charge in [-0.05, 0) is 20.3 Å². The monoisotopic (exact) mass is 236 g/mol. The molecular formula is C12H16N2O3. The van der Waals surface area contributed by atoms with Crippen molar-refractivity contribution in [2.24, 2.45) is 0 Å². The lowest BCUT2D eigenvalue weighted by Gasteiger charge is -2.09. The molecule has 0 unspecified atom stereocenters. The Kier molecular flexibility index (Phi) is 3.26. The molecule has 1 aliphatic heterocycles. The van der Waals surface area contributed by atoms with E-state index in [1.54, 1.807) is 11.5 Å². The molecule has 5 nitrogen and oxygen atoms in total. The van der Waals surface area contributed by atoms with Gasteiger partial charge in [0.15, 0.2) is 0 Å².